The van der Waals surface area contributed by atoms with Crippen molar-refractivity contribution in [1.29, 1.82) is 0 Å². The van der Waals surface area contributed by atoms with Crippen molar-refractivity contribution in [3.8, 4) is 0 Å². The third kappa shape index (κ3) is 1.31. The molecule has 0 N–H and O–H groups in total. The fourth-order valence-electron chi connectivity index (χ4n) is 1.07. The van der Waals surface area contributed by atoms with Gasteiger partial charge in [-0.3, -0.25) is 0 Å². The second-order valence-corrected chi connectivity index (χ2v) is 2.47. The highest BCUT2D eigenvalue weighted by atomic mass is 16.5. The van der Waals surface area contributed by atoms with E-state index in [1.54, 1.807) is 6.26 Å². The molecule has 0 saturated heterocycles. The van der Waals surface area contributed by atoms with E-state index in [0.29, 0.717) is 0 Å². The molecule has 0 aromatic heterocycles. The summed E-state index contributed by atoms with van der Waals surface area (Å²) in [6.45, 7) is 0. The summed E-state index contributed by atoms with van der Waals surface area (Å²) in [6, 6.07) is 9.99. The van der Waals surface area contributed by atoms with Gasteiger partial charge in [-0.1, -0.05) is 36.1 Å². The summed E-state index contributed by atoms with van der Waals surface area (Å²) in [5.74, 6) is 0.870. The van der Waals surface area contributed by atoms with Gasteiger partial charge in [-0.15, -0.1) is 0 Å². The van der Waals surface area contributed by atoms with Crippen molar-refractivity contribution < 1.29 is 4.74 Å². The summed E-state index contributed by atoms with van der Waals surface area (Å²) in [6.07, 6.45) is 5.30. The SMILES string of the molecule is C1=CC=C(c2ccccc2)OC=1. The molecule has 1 aliphatic rings. The highest BCUT2D eigenvalue weighted by molar-refractivity contribution is 5.62. The van der Waals surface area contributed by atoms with Crippen LogP contribution >= 0.6 is 0 Å². The third-order valence-electron chi connectivity index (χ3n) is 1.64. The number of hydrogen-bond donors (Lipinski definition) is 0. The predicted octanol–water partition coefficient (Wildman–Crippen LogP) is 2.73. The highest BCUT2D eigenvalue weighted by Gasteiger charge is 1.99. The number of allylic oxidation sites excluding steroid dienone is 2. The van der Waals surface area contributed by atoms with Crippen LogP contribution in [0.3, 0.4) is 0 Å². The van der Waals surface area contributed by atoms with E-state index in [-0.39, 0.29) is 0 Å². The second kappa shape index (κ2) is 3.12. The number of benzene rings is 1. The summed E-state index contributed by atoms with van der Waals surface area (Å²) in [5, 5.41) is 0. The molecular formula is C11H8O. The molecule has 1 aromatic carbocycles. The van der Waals surface area contributed by atoms with E-state index in [9.17, 15) is 0 Å². The predicted molar refractivity (Wildman–Crippen MR) is 48.2 cm³/mol. The standard InChI is InChI=1S/C11H8O/c1-2-6-10(7-3-1)11-8-4-5-9-12-11/h1-4,6-9H. The van der Waals surface area contributed by atoms with Crippen LogP contribution in [0.1, 0.15) is 5.56 Å². The summed E-state index contributed by atoms with van der Waals surface area (Å²) in [5.41, 5.74) is 3.93. The van der Waals surface area contributed by atoms with Crippen molar-refractivity contribution in [2.75, 3.05) is 0 Å². The van der Waals surface area contributed by atoms with Gasteiger partial charge in [0, 0.05) is 5.56 Å². The second-order valence-electron chi connectivity index (χ2n) is 2.47. The van der Waals surface area contributed by atoms with E-state index in [1.807, 2.05) is 42.5 Å². The lowest BCUT2D eigenvalue weighted by molar-refractivity contribution is 0.435. The van der Waals surface area contributed by atoms with Crippen LogP contribution in [0.15, 0.2) is 54.5 Å². The van der Waals surface area contributed by atoms with Crippen LogP contribution in [0.5, 0.6) is 0 Å². The quantitative estimate of drug-likeness (QED) is 0.568. The van der Waals surface area contributed by atoms with Gasteiger partial charge in [0.05, 0.1) is 0 Å². The Hall–Kier alpha value is -1.72. The molecule has 2 rings (SSSR count). The molecule has 0 fully saturated rings. The average molecular weight is 156 g/mol. The molecule has 0 spiro atoms. The molecular weight excluding hydrogens is 148 g/mol. The molecule has 0 atom stereocenters. The van der Waals surface area contributed by atoms with Crippen molar-refractivity contribution in [2.24, 2.45) is 0 Å². The van der Waals surface area contributed by atoms with E-state index >= 15 is 0 Å². The van der Waals surface area contributed by atoms with Crippen molar-refractivity contribution in [3.63, 3.8) is 0 Å². The largest absolute Gasteiger partial charge is 0.456 e. The monoisotopic (exact) mass is 156 g/mol. The smallest absolute Gasteiger partial charge is 0.135 e. The fraction of sp³-hybridized carbons (Fsp3) is 0. The van der Waals surface area contributed by atoms with Crippen LogP contribution in [0.4, 0.5) is 0 Å². The van der Waals surface area contributed by atoms with Crippen LogP contribution in [0.2, 0.25) is 0 Å². The van der Waals surface area contributed by atoms with Gasteiger partial charge < -0.3 is 4.74 Å². The molecule has 0 saturated carbocycles. The maximum atomic E-state index is 5.26. The van der Waals surface area contributed by atoms with Gasteiger partial charge in [0.15, 0.2) is 0 Å². The van der Waals surface area contributed by atoms with Crippen molar-refractivity contribution in [1.82, 2.24) is 0 Å². The molecule has 1 aliphatic heterocycles. The molecule has 1 heterocycles. The zero-order valence-electron chi connectivity index (χ0n) is 6.53. The summed E-state index contributed by atoms with van der Waals surface area (Å²) < 4.78 is 5.26. The first-order valence-electron chi connectivity index (χ1n) is 3.80. The molecule has 58 valence electrons. The Bertz CT molecular complexity index is 354. The van der Waals surface area contributed by atoms with Crippen LogP contribution < -0.4 is 0 Å². The minimum Gasteiger partial charge on any atom is -0.456 e. The molecule has 0 unspecified atom stereocenters. The van der Waals surface area contributed by atoms with Gasteiger partial charge >= 0.3 is 0 Å². The van der Waals surface area contributed by atoms with Crippen molar-refractivity contribution in [3.05, 3.63) is 60.0 Å². The first-order valence-corrected chi connectivity index (χ1v) is 3.80. The van der Waals surface area contributed by atoms with Crippen molar-refractivity contribution in [2.45, 2.75) is 0 Å². The molecule has 0 bridgehead atoms. The maximum absolute atomic E-state index is 5.26. The summed E-state index contributed by atoms with van der Waals surface area (Å²) in [7, 11) is 0. The van der Waals surface area contributed by atoms with Crippen LogP contribution in [-0.4, -0.2) is 0 Å². The lowest BCUT2D eigenvalue weighted by Gasteiger charge is -2.05. The van der Waals surface area contributed by atoms with E-state index in [2.05, 4.69) is 5.73 Å². The Morgan fingerprint density at radius 2 is 1.92 bits per heavy atom. The topological polar surface area (TPSA) is 9.23 Å². The minimum atomic E-state index is 0.870. The van der Waals surface area contributed by atoms with E-state index < -0.39 is 0 Å². The Balaban J connectivity index is 2.34. The zero-order chi connectivity index (χ0) is 8.23. The maximum Gasteiger partial charge on any atom is 0.135 e. The fourth-order valence-corrected chi connectivity index (χ4v) is 1.07. The molecule has 0 amide bonds. The summed E-state index contributed by atoms with van der Waals surface area (Å²) >= 11 is 0. The molecule has 1 nitrogen and oxygen atoms in total. The van der Waals surface area contributed by atoms with E-state index in [1.165, 1.54) is 0 Å². The van der Waals surface area contributed by atoms with Gasteiger partial charge in [0.25, 0.3) is 0 Å². The van der Waals surface area contributed by atoms with Gasteiger partial charge in [0.1, 0.15) is 12.0 Å². The molecule has 1 aromatic rings. The zero-order valence-corrected chi connectivity index (χ0v) is 6.53. The molecule has 12 heavy (non-hydrogen) atoms. The minimum absolute atomic E-state index is 0.870. The first kappa shape index (κ1) is 6.96. The molecule has 1 heteroatoms. The van der Waals surface area contributed by atoms with Crippen LogP contribution in [0, 0.1) is 0 Å². The highest BCUT2D eigenvalue weighted by Crippen LogP contribution is 2.17. The molecule has 0 aliphatic carbocycles. The molecule has 0 radical (unpaired) electrons. The van der Waals surface area contributed by atoms with Crippen molar-refractivity contribution >= 4 is 5.76 Å². The third-order valence-corrected chi connectivity index (χ3v) is 1.64. The Morgan fingerprint density at radius 3 is 2.58 bits per heavy atom. The van der Waals surface area contributed by atoms with Crippen LogP contribution in [0.25, 0.3) is 5.76 Å². The summed E-state index contributed by atoms with van der Waals surface area (Å²) in [4.78, 5) is 0. The van der Waals surface area contributed by atoms with E-state index in [4.69, 9.17) is 4.74 Å². The normalized spacial score (nSPS) is 13.8. The van der Waals surface area contributed by atoms with Gasteiger partial charge in [0.2, 0.25) is 0 Å². The lowest BCUT2D eigenvalue weighted by Crippen LogP contribution is -1.86. The Kier molecular flexibility index (Phi) is 1.81. The number of ether oxygens (including phenoxy) is 1. The van der Waals surface area contributed by atoms with E-state index in [0.717, 1.165) is 11.3 Å². The Labute approximate surface area is 71.3 Å². The Morgan fingerprint density at radius 1 is 1.08 bits per heavy atom. The number of rotatable bonds is 1. The van der Waals surface area contributed by atoms with Gasteiger partial charge in [-0.05, 0) is 12.2 Å². The van der Waals surface area contributed by atoms with Gasteiger partial charge in [-0.2, -0.15) is 0 Å². The van der Waals surface area contributed by atoms with Crippen LogP contribution in [-0.2, 0) is 4.74 Å². The number of hydrogen-bond acceptors (Lipinski definition) is 1. The average Bonchev–Trinajstić information content (AvgIpc) is 2.21. The first-order chi connectivity index (χ1) is 5.97. The lowest BCUT2D eigenvalue weighted by atomic mass is 10.2. The van der Waals surface area contributed by atoms with Gasteiger partial charge in [-0.25, -0.2) is 0 Å².